The number of phenolic OH excluding ortho intramolecular Hbond substituents is 1. The fourth-order valence-corrected chi connectivity index (χ4v) is 3.53. The Labute approximate surface area is 76.5 Å². The van der Waals surface area contributed by atoms with Crippen molar-refractivity contribution in [2.24, 2.45) is 0 Å². The van der Waals surface area contributed by atoms with Crippen LogP contribution in [0.2, 0.25) is 5.02 Å². The van der Waals surface area contributed by atoms with Crippen LogP contribution in [0, 0.1) is 0 Å². The molecular formula is C6H5ClHgO2. The van der Waals surface area contributed by atoms with Gasteiger partial charge in [0.1, 0.15) is 0 Å². The number of phenols is 1. The van der Waals surface area contributed by atoms with Gasteiger partial charge in [0.2, 0.25) is 0 Å². The van der Waals surface area contributed by atoms with E-state index in [4.69, 9.17) is 19.7 Å². The molecule has 0 radical (unpaired) electrons. The Morgan fingerprint density at radius 2 is 2.10 bits per heavy atom. The maximum absolute atomic E-state index is 9.10. The number of aromatic hydroxyl groups is 1. The number of halogens is 1. The van der Waals surface area contributed by atoms with E-state index in [2.05, 4.69) is 0 Å². The minimum absolute atomic E-state index is 0.136. The van der Waals surface area contributed by atoms with Crippen molar-refractivity contribution in [3.63, 3.8) is 0 Å². The topological polar surface area (TPSA) is 40.5 Å². The van der Waals surface area contributed by atoms with Crippen LogP contribution in [0.15, 0.2) is 18.2 Å². The minimum atomic E-state index is -2.02. The van der Waals surface area contributed by atoms with Crippen LogP contribution in [0.4, 0.5) is 0 Å². The molecule has 0 aliphatic carbocycles. The van der Waals surface area contributed by atoms with Crippen molar-refractivity contribution in [1.82, 2.24) is 0 Å². The molecule has 0 atom stereocenters. The van der Waals surface area contributed by atoms with Crippen LogP contribution < -0.4 is 3.07 Å². The van der Waals surface area contributed by atoms with Gasteiger partial charge in [-0.25, -0.2) is 0 Å². The van der Waals surface area contributed by atoms with Gasteiger partial charge in [0.15, 0.2) is 0 Å². The second-order valence-corrected chi connectivity index (χ2v) is 6.28. The van der Waals surface area contributed by atoms with Gasteiger partial charge in [-0.1, -0.05) is 0 Å². The second-order valence-electron chi connectivity index (χ2n) is 1.90. The van der Waals surface area contributed by atoms with Crippen molar-refractivity contribution < 1.29 is 33.2 Å². The summed E-state index contributed by atoms with van der Waals surface area (Å²) >= 11 is 3.65. The second kappa shape index (κ2) is 3.55. The van der Waals surface area contributed by atoms with Crippen molar-refractivity contribution >= 4 is 14.7 Å². The Morgan fingerprint density at radius 3 is 2.50 bits per heavy atom. The van der Waals surface area contributed by atoms with Crippen molar-refractivity contribution in [2.45, 2.75) is 0 Å². The van der Waals surface area contributed by atoms with E-state index >= 15 is 0 Å². The van der Waals surface area contributed by atoms with Gasteiger partial charge in [-0.2, -0.15) is 0 Å². The first-order valence-corrected chi connectivity index (χ1v) is 8.41. The normalized spacial score (nSPS) is 9.00. The Balaban J connectivity index is 3.17. The van der Waals surface area contributed by atoms with Gasteiger partial charge in [0.25, 0.3) is 0 Å². The molecule has 4 heteroatoms. The Kier molecular flexibility index (Phi) is 2.95. The molecule has 0 heterocycles. The SMILES string of the molecule is [OH][Hg][c]1c(O)cccc1Cl. The molecule has 0 unspecified atom stereocenters. The Hall–Kier alpha value is 0.205. The molecule has 0 aliphatic heterocycles. The predicted octanol–water partition coefficient (Wildman–Crippen LogP) is 0.661. The average molecular weight is 345 g/mol. The first-order chi connectivity index (χ1) is 4.75. The summed E-state index contributed by atoms with van der Waals surface area (Å²) in [5.41, 5.74) is 0. The van der Waals surface area contributed by atoms with Crippen LogP contribution in [0.25, 0.3) is 0 Å². The van der Waals surface area contributed by atoms with E-state index in [0.29, 0.717) is 8.09 Å². The van der Waals surface area contributed by atoms with Gasteiger partial charge in [0.05, 0.1) is 0 Å². The van der Waals surface area contributed by atoms with Crippen LogP contribution in [-0.4, -0.2) is 8.12 Å². The first kappa shape index (κ1) is 8.30. The molecule has 50 valence electrons. The molecule has 0 spiro atoms. The fourth-order valence-electron chi connectivity index (χ4n) is 0.704. The summed E-state index contributed by atoms with van der Waals surface area (Å²) in [6, 6.07) is 4.87. The molecule has 0 bridgehead atoms. The average Bonchev–Trinajstić information content (AvgIpc) is 1.88. The molecule has 1 rings (SSSR count). The van der Waals surface area contributed by atoms with E-state index in [-0.39, 0.29) is 5.75 Å². The first-order valence-electron chi connectivity index (χ1n) is 2.83. The summed E-state index contributed by atoms with van der Waals surface area (Å²) < 4.78 is 9.48. The molecule has 0 fully saturated rings. The maximum atomic E-state index is 9.10. The molecule has 2 N–H and O–H groups in total. The van der Waals surface area contributed by atoms with Crippen LogP contribution in [0.3, 0.4) is 0 Å². The molecule has 1 aromatic carbocycles. The van der Waals surface area contributed by atoms with Crippen LogP contribution in [0.1, 0.15) is 0 Å². The van der Waals surface area contributed by atoms with Crippen molar-refractivity contribution in [3.05, 3.63) is 23.2 Å². The standard InChI is InChI=1S/C6H4ClO.Hg.H2O/c7-5-2-1-3-6(8)4-5;;/h1-3,8H;;1H2/q;+1;/p-1. The van der Waals surface area contributed by atoms with Gasteiger partial charge < -0.3 is 0 Å². The molecular weight excluding hydrogens is 340 g/mol. The zero-order valence-electron chi connectivity index (χ0n) is 5.21. The Morgan fingerprint density at radius 1 is 1.40 bits per heavy atom. The van der Waals surface area contributed by atoms with Crippen molar-refractivity contribution in [1.29, 1.82) is 0 Å². The van der Waals surface area contributed by atoms with Gasteiger partial charge in [-0.3, -0.25) is 0 Å². The number of benzene rings is 1. The third-order valence-electron chi connectivity index (χ3n) is 1.25. The number of rotatable bonds is 1. The summed E-state index contributed by atoms with van der Waals surface area (Å²) in [6.07, 6.45) is 0. The number of hydrogen-bond donors (Lipinski definition) is 2. The molecule has 0 aliphatic rings. The molecule has 0 saturated heterocycles. The number of hydrogen-bond acceptors (Lipinski definition) is 2. The van der Waals surface area contributed by atoms with Gasteiger partial charge in [-0.15, -0.1) is 0 Å². The van der Waals surface area contributed by atoms with E-state index in [0.717, 1.165) is 0 Å². The molecule has 0 amide bonds. The monoisotopic (exact) mass is 346 g/mol. The van der Waals surface area contributed by atoms with Gasteiger partial charge >= 0.3 is 76.8 Å². The summed E-state index contributed by atoms with van der Waals surface area (Å²) in [6.45, 7) is 0. The van der Waals surface area contributed by atoms with Crippen LogP contribution in [0.5, 0.6) is 5.75 Å². The summed E-state index contributed by atoms with van der Waals surface area (Å²) in [5.74, 6) is 0.136. The van der Waals surface area contributed by atoms with E-state index < -0.39 is 25.0 Å². The van der Waals surface area contributed by atoms with E-state index in [1.807, 2.05) is 0 Å². The molecule has 0 saturated carbocycles. The van der Waals surface area contributed by atoms with Crippen molar-refractivity contribution in [3.8, 4) is 5.75 Å². The quantitative estimate of drug-likeness (QED) is 0.735. The molecule has 2 nitrogen and oxygen atoms in total. The Bertz CT molecular complexity index is 219. The summed E-state index contributed by atoms with van der Waals surface area (Å²) in [7, 11) is 0. The van der Waals surface area contributed by atoms with Crippen LogP contribution >= 0.6 is 11.6 Å². The van der Waals surface area contributed by atoms with E-state index in [9.17, 15) is 0 Å². The van der Waals surface area contributed by atoms with E-state index in [1.54, 1.807) is 12.1 Å². The molecule has 1 aromatic rings. The van der Waals surface area contributed by atoms with Crippen LogP contribution in [-0.2, 0) is 25.0 Å². The van der Waals surface area contributed by atoms with E-state index in [1.165, 1.54) is 6.07 Å². The predicted molar refractivity (Wildman–Crippen MR) is 35.0 cm³/mol. The zero-order chi connectivity index (χ0) is 7.56. The van der Waals surface area contributed by atoms with Gasteiger partial charge in [-0.05, 0) is 0 Å². The van der Waals surface area contributed by atoms with Gasteiger partial charge in [0, 0.05) is 0 Å². The molecule has 10 heavy (non-hydrogen) atoms. The summed E-state index contributed by atoms with van der Waals surface area (Å²) in [5, 5.41) is 9.59. The molecule has 0 aromatic heterocycles. The fraction of sp³-hybridized carbons (Fsp3) is 0. The zero-order valence-corrected chi connectivity index (χ0v) is 11.5. The summed E-state index contributed by atoms with van der Waals surface area (Å²) in [4.78, 5) is 0. The third-order valence-corrected chi connectivity index (χ3v) is 6.60. The van der Waals surface area contributed by atoms with Crippen molar-refractivity contribution in [2.75, 3.05) is 0 Å². The third kappa shape index (κ3) is 1.62.